The number of pyridine rings is 1. The highest BCUT2D eigenvalue weighted by Gasteiger charge is 2.28. The van der Waals surface area contributed by atoms with Crippen molar-refractivity contribution in [2.45, 2.75) is 97.1 Å². The first-order valence-electron chi connectivity index (χ1n) is 13.9. The number of aromatic amines is 1. The van der Waals surface area contributed by atoms with Crippen LogP contribution in [0.2, 0.25) is 0 Å². The van der Waals surface area contributed by atoms with Gasteiger partial charge in [-0.05, 0) is 25.0 Å². The second-order valence-electron chi connectivity index (χ2n) is 9.97. The van der Waals surface area contributed by atoms with E-state index in [9.17, 15) is 18.0 Å². The maximum Gasteiger partial charge on any atom is 0.430 e. The lowest BCUT2D eigenvalue weighted by Crippen LogP contribution is -2.37. The molecule has 212 valence electrons. The van der Waals surface area contributed by atoms with E-state index in [1.165, 1.54) is 64.2 Å². The van der Waals surface area contributed by atoms with E-state index in [1.54, 1.807) is 0 Å². The molecule has 0 bridgehead atoms. The number of aliphatic carboxylic acids is 1. The number of aromatic nitrogens is 2. The number of carboxylic acid groups (broad SMARTS) is 1. The van der Waals surface area contributed by atoms with Crippen LogP contribution in [0.4, 0.5) is 18.9 Å². The molecule has 0 unspecified atom stereocenters. The first kappa shape index (κ1) is 31.4. The minimum absolute atomic E-state index is 0.158. The molecule has 2 aromatic heterocycles. The lowest BCUT2D eigenvalue weighted by Gasteiger charge is -2.24. The Morgan fingerprint density at radius 1 is 0.947 bits per heavy atom. The van der Waals surface area contributed by atoms with Gasteiger partial charge in [0, 0.05) is 26.3 Å². The number of unbranched alkanes of at least 4 members (excludes halogenated alkanes) is 10. The van der Waals surface area contributed by atoms with Gasteiger partial charge in [-0.2, -0.15) is 13.2 Å². The van der Waals surface area contributed by atoms with Gasteiger partial charge in [0.1, 0.15) is 5.97 Å². The second-order valence-corrected chi connectivity index (χ2v) is 9.97. The fourth-order valence-corrected chi connectivity index (χ4v) is 4.72. The first-order chi connectivity index (χ1) is 18.1. The van der Waals surface area contributed by atoms with E-state index in [4.69, 9.17) is 9.90 Å². The van der Waals surface area contributed by atoms with E-state index in [0.717, 1.165) is 53.4 Å². The summed E-state index contributed by atoms with van der Waals surface area (Å²) in [5.74, 6) is -3.01. The van der Waals surface area contributed by atoms with Gasteiger partial charge >= 0.3 is 6.18 Å². The largest absolute Gasteiger partial charge is 0.542 e. The summed E-state index contributed by atoms with van der Waals surface area (Å²) in [6.45, 7) is 6.49. The Hall–Kier alpha value is -2.84. The SMILES string of the molecule is CCCCCCCCN(CCCCCCCC)c1cc2c3c(ccn2C)c[nH+]c3c1=O.O=C([O-])C(F)(F)F. The summed E-state index contributed by atoms with van der Waals surface area (Å²) < 4.78 is 33.7. The van der Waals surface area contributed by atoms with Crippen molar-refractivity contribution in [2.24, 2.45) is 7.05 Å². The molecule has 0 spiro atoms. The molecule has 1 N–H and O–H groups in total. The summed E-state index contributed by atoms with van der Waals surface area (Å²) in [7, 11) is 2.07. The predicted molar refractivity (Wildman–Crippen MR) is 144 cm³/mol. The highest BCUT2D eigenvalue weighted by atomic mass is 19.4. The maximum absolute atomic E-state index is 13.4. The van der Waals surface area contributed by atoms with Crippen LogP contribution in [-0.4, -0.2) is 29.8 Å². The minimum Gasteiger partial charge on any atom is -0.542 e. The Morgan fingerprint density at radius 2 is 1.45 bits per heavy atom. The van der Waals surface area contributed by atoms with Crippen LogP contribution >= 0.6 is 0 Å². The zero-order chi connectivity index (χ0) is 28.1. The summed E-state index contributed by atoms with van der Waals surface area (Å²) in [6, 6.07) is 4.22. The van der Waals surface area contributed by atoms with E-state index < -0.39 is 12.1 Å². The van der Waals surface area contributed by atoms with Crippen LogP contribution in [0.3, 0.4) is 0 Å². The Morgan fingerprint density at radius 3 is 1.95 bits per heavy atom. The van der Waals surface area contributed by atoms with E-state index in [1.807, 2.05) is 6.20 Å². The van der Waals surface area contributed by atoms with Gasteiger partial charge in [0.05, 0.1) is 22.0 Å². The molecule has 1 aromatic carbocycles. The third-order valence-electron chi connectivity index (χ3n) is 6.89. The van der Waals surface area contributed by atoms with Crippen LogP contribution in [0.25, 0.3) is 21.8 Å². The molecule has 0 atom stereocenters. The zero-order valence-electron chi connectivity index (χ0n) is 23.0. The number of rotatable bonds is 15. The van der Waals surface area contributed by atoms with E-state index in [2.05, 4.69) is 53.7 Å². The third-order valence-corrected chi connectivity index (χ3v) is 6.89. The van der Waals surface area contributed by atoms with Crippen LogP contribution in [0, 0.1) is 0 Å². The summed E-state index contributed by atoms with van der Waals surface area (Å²) in [6.07, 6.45) is 14.2. The molecular weight excluding hydrogens is 495 g/mol. The van der Waals surface area contributed by atoms with Crippen molar-refractivity contribution in [2.75, 3.05) is 18.0 Å². The highest BCUT2D eigenvalue weighted by Crippen LogP contribution is 2.26. The van der Waals surface area contributed by atoms with Gasteiger partial charge < -0.3 is 19.4 Å². The van der Waals surface area contributed by atoms with Crippen molar-refractivity contribution in [3.8, 4) is 0 Å². The zero-order valence-corrected chi connectivity index (χ0v) is 23.0. The normalized spacial score (nSPS) is 11.6. The number of hydrogen-bond acceptors (Lipinski definition) is 4. The minimum atomic E-state index is -5.19. The molecule has 3 aromatic rings. The number of H-pyrrole nitrogens is 1. The lowest BCUT2D eigenvalue weighted by molar-refractivity contribution is -0.344. The Balaban J connectivity index is 0.000000638. The molecule has 2 heterocycles. The molecule has 0 saturated heterocycles. The molecule has 0 aliphatic rings. The number of carboxylic acids is 1. The van der Waals surface area contributed by atoms with Gasteiger partial charge in [0.2, 0.25) is 0 Å². The van der Waals surface area contributed by atoms with Crippen molar-refractivity contribution in [1.29, 1.82) is 0 Å². The van der Waals surface area contributed by atoms with Gasteiger partial charge in [-0.15, -0.1) is 0 Å². The van der Waals surface area contributed by atoms with Gasteiger partial charge in [-0.1, -0.05) is 78.1 Å². The molecule has 6 nitrogen and oxygen atoms in total. The molecule has 9 heteroatoms. The average Bonchev–Trinajstić information content (AvgIpc) is 3.31. The van der Waals surface area contributed by atoms with Crippen molar-refractivity contribution < 1.29 is 28.1 Å². The summed E-state index contributed by atoms with van der Waals surface area (Å²) in [5, 5.41) is 11.0. The number of nitrogens with one attached hydrogen (secondary N) is 1. The molecule has 3 rings (SSSR count). The number of hydrogen-bond donors (Lipinski definition) is 0. The topological polar surface area (TPSA) is 79.5 Å². The number of alkyl halides is 3. The average molecular weight is 538 g/mol. The van der Waals surface area contributed by atoms with Crippen LogP contribution in [0.15, 0.2) is 29.3 Å². The molecule has 0 saturated carbocycles. The highest BCUT2D eigenvalue weighted by molar-refractivity contribution is 6.07. The maximum atomic E-state index is 13.4. The van der Waals surface area contributed by atoms with Crippen LogP contribution in [0.1, 0.15) is 90.9 Å². The third kappa shape index (κ3) is 9.17. The summed E-state index contributed by atoms with van der Waals surface area (Å²) in [4.78, 5) is 27.8. The lowest BCUT2D eigenvalue weighted by atomic mass is 10.1. The van der Waals surface area contributed by atoms with Gasteiger partial charge in [-0.25, -0.2) is 4.98 Å². The van der Waals surface area contributed by atoms with Gasteiger partial charge in [0.15, 0.2) is 6.20 Å². The molecule has 0 aliphatic heterocycles. The number of anilines is 1. The second kappa shape index (κ2) is 15.5. The van der Waals surface area contributed by atoms with E-state index in [-0.39, 0.29) is 5.43 Å². The van der Waals surface area contributed by atoms with Crippen LogP contribution < -0.4 is 20.4 Å². The standard InChI is InChI=1S/C27H41N3O.C2HF3O2/c1-4-6-8-10-12-14-17-30(18-15-13-11-9-7-5-2)24-20-23-25-22(16-19-29(23)3)21-28-26(25)27(24)31;3-2(4,5)1(6)7/h16,19-21H,4-15,17-18H2,1-3H3;(H,6,7). The van der Waals surface area contributed by atoms with Crippen molar-refractivity contribution in [3.05, 3.63) is 34.7 Å². The van der Waals surface area contributed by atoms with Crippen molar-refractivity contribution >= 4 is 33.5 Å². The molecule has 0 aliphatic carbocycles. The first-order valence-corrected chi connectivity index (χ1v) is 13.9. The molecule has 38 heavy (non-hydrogen) atoms. The van der Waals surface area contributed by atoms with Crippen LogP contribution in [-0.2, 0) is 11.8 Å². The Labute approximate surface area is 223 Å². The number of carbonyl (C=O) groups is 1. The number of halogens is 3. The van der Waals surface area contributed by atoms with Crippen LogP contribution in [0.5, 0.6) is 0 Å². The van der Waals surface area contributed by atoms with Gasteiger partial charge in [-0.3, -0.25) is 4.79 Å². The molecule has 0 fully saturated rings. The van der Waals surface area contributed by atoms with Crippen molar-refractivity contribution in [1.82, 2.24) is 4.57 Å². The molecular formula is C29H42F3N3O3. The Kier molecular flexibility index (Phi) is 12.8. The monoisotopic (exact) mass is 537 g/mol. The summed E-state index contributed by atoms with van der Waals surface area (Å²) >= 11 is 0. The smallest absolute Gasteiger partial charge is 0.430 e. The number of benzene rings is 1. The molecule has 0 amide bonds. The molecule has 0 radical (unpaired) electrons. The fraction of sp³-hybridized carbons (Fsp3) is 0.621. The Bertz CT molecular complexity index is 1160. The van der Waals surface area contributed by atoms with Crippen molar-refractivity contribution in [3.63, 3.8) is 0 Å². The predicted octanol–water partition coefficient (Wildman–Crippen LogP) is 5.77. The summed E-state index contributed by atoms with van der Waals surface area (Å²) in [5.41, 5.74) is 2.93. The number of nitrogens with zero attached hydrogens (tertiary/aromatic N) is 2. The van der Waals surface area contributed by atoms with Gasteiger partial charge in [0.25, 0.3) is 10.9 Å². The number of carbonyl (C=O) groups excluding carboxylic acids is 1. The fourth-order valence-electron chi connectivity index (χ4n) is 4.72. The number of aryl methyl sites for hydroxylation is 1. The van der Waals surface area contributed by atoms with E-state index in [0.29, 0.717) is 0 Å². The quantitative estimate of drug-likeness (QED) is 0.231. The van der Waals surface area contributed by atoms with E-state index >= 15 is 0 Å².